The van der Waals surface area contributed by atoms with Gasteiger partial charge in [0.25, 0.3) is 0 Å². The molecule has 0 saturated carbocycles. The maximum atomic E-state index is 10.3. The zero-order chi connectivity index (χ0) is 17.0. The molecule has 0 aliphatic carbocycles. The summed E-state index contributed by atoms with van der Waals surface area (Å²) in [4.78, 5) is 0. The van der Waals surface area contributed by atoms with Gasteiger partial charge in [-0.2, -0.15) is 0 Å². The van der Waals surface area contributed by atoms with Gasteiger partial charge in [0.05, 0.1) is 6.10 Å². The smallest absolute Gasteiger partial charge is 0.0975 e. The third-order valence-electron chi connectivity index (χ3n) is 4.19. The molecule has 0 radical (unpaired) electrons. The summed E-state index contributed by atoms with van der Waals surface area (Å²) in [6, 6.07) is 16.7. The van der Waals surface area contributed by atoms with Gasteiger partial charge in [0.1, 0.15) is 0 Å². The Hall–Kier alpha value is -1.86. The molecule has 0 bridgehead atoms. The van der Waals surface area contributed by atoms with Crippen LogP contribution in [-0.4, -0.2) is 5.11 Å². The molecule has 2 aromatic rings. The zero-order valence-electron chi connectivity index (χ0n) is 14.9. The third-order valence-corrected chi connectivity index (χ3v) is 4.19. The lowest BCUT2D eigenvalue weighted by Crippen LogP contribution is -2.10. The molecule has 0 aromatic heterocycles. The van der Waals surface area contributed by atoms with Gasteiger partial charge in [-0.1, -0.05) is 95.3 Å². The van der Waals surface area contributed by atoms with Crippen molar-refractivity contribution in [3.8, 4) is 0 Å². The van der Waals surface area contributed by atoms with Crippen molar-refractivity contribution in [3.63, 3.8) is 0 Å². The number of hydrogen-bond acceptors (Lipinski definition) is 1. The summed E-state index contributed by atoms with van der Waals surface area (Å²) in [6.45, 7) is 11.0. The lowest BCUT2D eigenvalue weighted by atomic mass is 9.86. The molecule has 1 atom stereocenters. The quantitative estimate of drug-likeness (QED) is 0.750. The normalized spacial score (nSPS) is 13.7. The lowest BCUT2D eigenvalue weighted by molar-refractivity contribution is 0.229. The molecule has 2 rings (SSSR count). The van der Waals surface area contributed by atoms with E-state index in [1.54, 1.807) is 0 Å². The van der Waals surface area contributed by atoms with Crippen molar-refractivity contribution in [2.75, 3.05) is 0 Å². The van der Waals surface area contributed by atoms with Crippen molar-refractivity contribution >= 4 is 6.08 Å². The van der Waals surface area contributed by atoms with Gasteiger partial charge in [-0.15, -0.1) is 0 Å². The third kappa shape index (κ3) is 4.80. The van der Waals surface area contributed by atoms with E-state index in [1.165, 1.54) is 11.1 Å². The molecule has 1 unspecified atom stereocenters. The van der Waals surface area contributed by atoms with Crippen LogP contribution >= 0.6 is 0 Å². The maximum Gasteiger partial charge on any atom is 0.0975 e. The number of hydrogen-bond donors (Lipinski definition) is 1. The first-order chi connectivity index (χ1) is 10.8. The lowest BCUT2D eigenvalue weighted by Gasteiger charge is -2.19. The highest BCUT2D eigenvalue weighted by Gasteiger charge is 2.13. The van der Waals surface area contributed by atoms with Gasteiger partial charge in [0.2, 0.25) is 0 Å². The Morgan fingerprint density at radius 1 is 0.826 bits per heavy atom. The molecular formula is C22H28O. The predicted molar refractivity (Wildman–Crippen MR) is 99.7 cm³/mol. The van der Waals surface area contributed by atoms with E-state index >= 15 is 0 Å². The molecular weight excluding hydrogens is 280 g/mol. The SMILES string of the molecule is CC(C)c1ccc(/C=C/C(O)c2ccc(C(C)(C)C)cc2)cc1. The van der Waals surface area contributed by atoms with Crippen LogP contribution in [0.4, 0.5) is 0 Å². The fraction of sp³-hybridized carbons (Fsp3) is 0.364. The van der Waals surface area contributed by atoms with Crippen LogP contribution < -0.4 is 0 Å². The average Bonchev–Trinajstić information content (AvgIpc) is 2.52. The van der Waals surface area contributed by atoms with E-state index in [4.69, 9.17) is 0 Å². The van der Waals surface area contributed by atoms with Crippen LogP contribution in [0.15, 0.2) is 54.6 Å². The van der Waals surface area contributed by atoms with Crippen LogP contribution in [0.1, 0.15) is 68.9 Å². The summed E-state index contributed by atoms with van der Waals surface area (Å²) < 4.78 is 0. The molecule has 0 fully saturated rings. The first kappa shape index (κ1) is 17.5. The molecule has 0 saturated heterocycles. The van der Waals surface area contributed by atoms with E-state index in [9.17, 15) is 5.11 Å². The second-order valence-electron chi connectivity index (χ2n) is 7.50. The molecule has 0 amide bonds. The van der Waals surface area contributed by atoms with Crippen LogP contribution in [0.5, 0.6) is 0 Å². The standard InChI is InChI=1S/C22H28O/c1-16(2)18-9-6-17(7-10-18)8-15-21(23)19-11-13-20(14-12-19)22(3,4)5/h6-16,21,23H,1-5H3/b15-8+. The maximum absolute atomic E-state index is 10.3. The van der Waals surface area contributed by atoms with Crippen LogP contribution in [0, 0.1) is 0 Å². The summed E-state index contributed by atoms with van der Waals surface area (Å²) in [5.74, 6) is 0.542. The van der Waals surface area contributed by atoms with Crippen LogP contribution in [-0.2, 0) is 5.41 Å². The van der Waals surface area contributed by atoms with Crippen molar-refractivity contribution in [1.29, 1.82) is 0 Å². The number of rotatable bonds is 4. The summed E-state index contributed by atoms with van der Waals surface area (Å²) in [6.07, 6.45) is 3.25. The molecule has 1 nitrogen and oxygen atoms in total. The van der Waals surface area contributed by atoms with E-state index in [1.807, 2.05) is 24.3 Å². The Morgan fingerprint density at radius 3 is 1.83 bits per heavy atom. The molecule has 0 spiro atoms. The van der Waals surface area contributed by atoms with Gasteiger partial charge in [0, 0.05) is 0 Å². The van der Waals surface area contributed by atoms with Gasteiger partial charge in [-0.05, 0) is 33.6 Å². The molecule has 0 heterocycles. The van der Waals surface area contributed by atoms with E-state index in [-0.39, 0.29) is 5.41 Å². The molecule has 0 aliphatic rings. The molecule has 2 aromatic carbocycles. The number of aliphatic hydroxyl groups excluding tert-OH is 1. The topological polar surface area (TPSA) is 20.2 Å². The minimum Gasteiger partial charge on any atom is -0.384 e. The summed E-state index contributed by atoms with van der Waals surface area (Å²) in [5.41, 5.74) is 4.78. The van der Waals surface area contributed by atoms with Gasteiger partial charge < -0.3 is 5.11 Å². The van der Waals surface area contributed by atoms with Gasteiger partial charge in [-0.25, -0.2) is 0 Å². The second-order valence-corrected chi connectivity index (χ2v) is 7.50. The van der Waals surface area contributed by atoms with Crippen molar-refractivity contribution in [3.05, 3.63) is 76.9 Å². The highest BCUT2D eigenvalue weighted by atomic mass is 16.3. The monoisotopic (exact) mass is 308 g/mol. The van der Waals surface area contributed by atoms with E-state index < -0.39 is 6.10 Å². The Balaban J connectivity index is 2.07. The van der Waals surface area contributed by atoms with Crippen LogP contribution in [0.3, 0.4) is 0 Å². The predicted octanol–water partition coefficient (Wildman–Crippen LogP) is 5.85. The first-order valence-corrected chi connectivity index (χ1v) is 8.34. The highest BCUT2D eigenvalue weighted by molar-refractivity contribution is 5.51. The Kier molecular flexibility index (Phi) is 5.43. The summed E-state index contributed by atoms with van der Waals surface area (Å²) in [5, 5.41) is 10.3. The Morgan fingerprint density at radius 2 is 1.35 bits per heavy atom. The van der Waals surface area contributed by atoms with Crippen molar-refractivity contribution in [1.82, 2.24) is 0 Å². The molecule has 0 aliphatic heterocycles. The van der Waals surface area contributed by atoms with Crippen molar-refractivity contribution in [2.24, 2.45) is 0 Å². The zero-order valence-corrected chi connectivity index (χ0v) is 14.9. The summed E-state index contributed by atoms with van der Waals surface area (Å²) >= 11 is 0. The largest absolute Gasteiger partial charge is 0.384 e. The highest BCUT2D eigenvalue weighted by Crippen LogP contribution is 2.24. The fourth-order valence-corrected chi connectivity index (χ4v) is 2.49. The van der Waals surface area contributed by atoms with E-state index in [0.717, 1.165) is 11.1 Å². The second kappa shape index (κ2) is 7.14. The Labute approximate surface area is 140 Å². The first-order valence-electron chi connectivity index (χ1n) is 8.34. The fourth-order valence-electron chi connectivity index (χ4n) is 2.49. The average molecular weight is 308 g/mol. The minimum atomic E-state index is -0.575. The minimum absolute atomic E-state index is 0.136. The van der Waals surface area contributed by atoms with Crippen molar-refractivity contribution < 1.29 is 5.11 Å². The number of aliphatic hydroxyl groups is 1. The molecule has 1 heteroatoms. The summed E-state index contributed by atoms with van der Waals surface area (Å²) in [7, 11) is 0. The van der Waals surface area contributed by atoms with Crippen LogP contribution in [0.2, 0.25) is 0 Å². The molecule has 23 heavy (non-hydrogen) atoms. The van der Waals surface area contributed by atoms with E-state index in [0.29, 0.717) is 5.92 Å². The van der Waals surface area contributed by atoms with Gasteiger partial charge in [-0.3, -0.25) is 0 Å². The van der Waals surface area contributed by atoms with E-state index in [2.05, 4.69) is 71.0 Å². The van der Waals surface area contributed by atoms with Crippen LogP contribution in [0.25, 0.3) is 6.08 Å². The number of benzene rings is 2. The van der Waals surface area contributed by atoms with Gasteiger partial charge in [0.15, 0.2) is 0 Å². The molecule has 1 N–H and O–H groups in total. The molecule has 122 valence electrons. The van der Waals surface area contributed by atoms with Gasteiger partial charge >= 0.3 is 0 Å². The Bertz CT molecular complexity index is 640. The van der Waals surface area contributed by atoms with Crippen molar-refractivity contribution in [2.45, 2.75) is 52.1 Å².